The summed E-state index contributed by atoms with van der Waals surface area (Å²) in [4.78, 5) is 29.0. The number of benzene rings is 1. The Balaban J connectivity index is 2.17. The standard InChI is InChI=1S/C16H16FN3O2S/c1-11-19-13(10-23-11)4-7-16(22)20(9-8-15(18)21)14-5-2-12(17)3-6-14/h2-7,10H,8-9H2,1H3,(H2,18,21)/b7-4+. The van der Waals surface area contributed by atoms with Crippen LogP contribution >= 0.6 is 11.3 Å². The average Bonchev–Trinajstić information content (AvgIpc) is 2.92. The molecule has 2 aromatic rings. The van der Waals surface area contributed by atoms with E-state index in [1.165, 1.54) is 46.6 Å². The van der Waals surface area contributed by atoms with Gasteiger partial charge in [-0.2, -0.15) is 0 Å². The van der Waals surface area contributed by atoms with Gasteiger partial charge >= 0.3 is 0 Å². The zero-order valence-corrected chi connectivity index (χ0v) is 13.3. The summed E-state index contributed by atoms with van der Waals surface area (Å²) >= 11 is 1.49. The molecule has 2 rings (SSSR count). The molecule has 0 unspecified atom stereocenters. The first kappa shape index (κ1) is 16.8. The number of thiazole rings is 1. The highest BCUT2D eigenvalue weighted by Crippen LogP contribution is 2.17. The van der Waals surface area contributed by atoms with E-state index in [1.54, 1.807) is 6.08 Å². The summed E-state index contributed by atoms with van der Waals surface area (Å²) in [5.74, 6) is -1.24. The van der Waals surface area contributed by atoms with Gasteiger partial charge in [-0.25, -0.2) is 9.37 Å². The number of aryl methyl sites for hydroxylation is 1. The van der Waals surface area contributed by atoms with E-state index in [0.29, 0.717) is 11.4 Å². The number of hydrogen-bond acceptors (Lipinski definition) is 4. The molecule has 2 amide bonds. The molecule has 5 nitrogen and oxygen atoms in total. The molecule has 0 aliphatic carbocycles. The molecule has 0 radical (unpaired) electrons. The number of amides is 2. The Morgan fingerprint density at radius 3 is 2.61 bits per heavy atom. The second-order valence-electron chi connectivity index (χ2n) is 4.81. The first-order valence-electron chi connectivity index (χ1n) is 6.91. The molecular formula is C16H16FN3O2S. The topological polar surface area (TPSA) is 76.3 Å². The van der Waals surface area contributed by atoms with Crippen molar-refractivity contribution in [3.63, 3.8) is 0 Å². The molecule has 0 saturated heterocycles. The van der Waals surface area contributed by atoms with Crippen LogP contribution in [0, 0.1) is 12.7 Å². The number of halogens is 1. The number of aromatic nitrogens is 1. The number of hydrogen-bond donors (Lipinski definition) is 1. The quantitative estimate of drug-likeness (QED) is 0.825. The third-order valence-corrected chi connectivity index (χ3v) is 3.81. The molecule has 0 bridgehead atoms. The van der Waals surface area contributed by atoms with Gasteiger partial charge in [-0.1, -0.05) is 0 Å². The summed E-state index contributed by atoms with van der Waals surface area (Å²) in [6.45, 7) is 2.00. The highest BCUT2D eigenvalue weighted by atomic mass is 32.1. The van der Waals surface area contributed by atoms with Crippen LogP contribution in [0.4, 0.5) is 10.1 Å². The lowest BCUT2D eigenvalue weighted by Crippen LogP contribution is -2.32. The molecular weight excluding hydrogens is 317 g/mol. The number of carbonyl (C=O) groups is 2. The number of carbonyl (C=O) groups excluding carboxylic acids is 2. The van der Waals surface area contributed by atoms with E-state index in [4.69, 9.17) is 5.73 Å². The van der Waals surface area contributed by atoms with Crippen molar-refractivity contribution < 1.29 is 14.0 Å². The summed E-state index contributed by atoms with van der Waals surface area (Å²) in [5.41, 5.74) is 6.33. The zero-order valence-electron chi connectivity index (χ0n) is 12.5. The SMILES string of the molecule is Cc1nc(/C=C/C(=O)N(CCC(N)=O)c2ccc(F)cc2)cs1. The van der Waals surface area contributed by atoms with E-state index in [9.17, 15) is 14.0 Å². The van der Waals surface area contributed by atoms with Gasteiger partial charge in [-0.3, -0.25) is 9.59 Å². The van der Waals surface area contributed by atoms with Crippen molar-refractivity contribution in [3.8, 4) is 0 Å². The van der Waals surface area contributed by atoms with Gasteiger partial charge in [0.15, 0.2) is 0 Å². The van der Waals surface area contributed by atoms with Crippen LogP contribution in [-0.4, -0.2) is 23.3 Å². The molecule has 0 aliphatic heterocycles. The van der Waals surface area contributed by atoms with Gasteiger partial charge < -0.3 is 10.6 Å². The molecule has 1 aromatic heterocycles. The second-order valence-corrected chi connectivity index (χ2v) is 5.87. The zero-order chi connectivity index (χ0) is 16.8. The van der Waals surface area contributed by atoms with Crippen molar-refractivity contribution in [1.82, 2.24) is 4.98 Å². The molecule has 0 saturated carbocycles. The van der Waals surface area contributed by atoms with E-state index in [2.05, 4.69) is 4.98 Å². The fraction of sp³-hybridized carbons (Fsp3) is 0.188. The summed E-state index contributed by atoms with van der Waals surface area (Å²) in [7, 11) is 0. The monoisotopic (exact) mass is 333 g/mol. The van der Waals surface area contributed by atoms with Crippen molar-refractivity contribution in [2.45, 2.75) is 13.3 Å². The Morgan fingerprint density at radius 1 is 1.35 bits per heavy atom. The summed E-state index contributed by atoms with van der Waals surface area (Å²) in [6.07, 6.45) is 3.00. The summed E-state index contributed by atoms with van der Waals surface area (Å²) < 4.78 is 13.0. The van der Waals surface area contributed by atoms with Gasteiger partial charge in [-0.05, 0) is 37.3 Å². The molecule has 120 valence electrons. The summed E-state index contributed by atoms with van der Waals surface area (Å²) in [6, 6.07) is 5.48. The first-order chi connectivity index (χ1) is 11.0. The maximum atomic E-state index is 13.0. The van der Waals surface area contributed by atoms with E-state index >= 15 is 0 Å². The van der Waals surface area contributed by atoms with Gasteiger partial charge in [0.25, 0.3) is 5.91 Å². The van der Waals surface area contributed by atoms with Gasteiger partial charge in [0, 0.05) is 30.1 Å². The smallest absolute Gasteiger partial charge is 0.251 e. The van der Waals surface area contributed by atoms with E-state index in [1.807, 2.05) is 12.3 Å². The molecule has 0 spiro atoms. The predicted molar refractivity (Wildman–Crippen MR) is 88.4 cm³/mol. The van der Waals surface area contributed by atoms with Crippen molar-refractivity contribution in [1.29, 1.82) is 0 Å². The van der Waals surface area contributed by atoms with Crippen molar-refractivity contribution in [2.24, 2.45) is 5.73 Å². The Hall–Kier alpha value is -2.54. The highest BCUT2D eigenvalue weighted by molar-refractivity contribution is 7.09. The summed E-state index contributed by atoms with van der Waals surface area (Å²) in [5, 5.41) is 2.74. The van der Waals surface area contributed by atoms with Crippen LogP contribution < -0.4 is 10.6 Å². The van der Waals surface area contributed by atoms with Gasteiger partial charge in [-0.15, -0.1) is 11.3 Å². The lowest BCUT2D eigenvalue weighted by Gasteiger charge is -2.20. The van der Waals surface area contributed by atoms with E-state index < -0.39 is 11.7 Å². The van der Waals surface area contributed by atoms with E-state index in [-0.39, 0.29) is 18.9 Å². The van der Waals surface area contributed by atoms with Gasteiger partial charge in [0.1, 0.15) is 5.82 Å². The highest BCUT2D eigenvalue weighted by Gasteiger charge is 2.14. The third-order valence-electron chi connectivity index (χ3n) is 3.02. The normalized spacial score (nSPS) is 10.9. The van der Waals surface area contributed by atoms with Crippen LogP contribution in [0.1, 0.15) is 17.1 Å². The molecule has 23 heavy (non-hydrogen) atoms. The fourth-order valence-electron chi connectivity index (χ4n) is 1.91. The molecule has 7 heteroatoms. The van der Waals surface area contributed by atoms with E-state index in [0.717, 1.165) is 5.01 Å². The number of nitrogens with zero attached hydrogens (tertiary/aromatic N) is 2. The molecule has 0 aliphatic rings. The van der Waals surface area contributed by atoms with Crippen LogP contribution in [-0.2, 0) is 9.59 Å². The van der Waals surface area contributed by atoms with Crippen LogP contribution in [0.2, 0.25) is 0 Å². The number of anilines is 1. The minimum atomic E-state index is -0.510. The lowest BCUT2D eigenvalue weighted by atomic mass is 10.2. The Bertz CT molecular complexity index is 725. The van der Waals surface area contributed by atoms with Crippen molar-refractivity contribution in [3.05, 3.63) is 52.2 Å². The minimum Gasteiger partial charge on any atom is -0.370 e. The van der Waals surface area contributed by atoms with Gasteiger partial charge in [0.2, 0.25) is 5.91 Å². The van der Waals surface area contributed by atoms with Crippen LogP contribution in [0.3, 0.4) is 0 Å². The van der Waals surface area contributed by atoms with Crippen LogP contribution in [0.5, 0.6) is 0 Å². The minimum absolute atomic E-state index is 0.0206. The fourth-order valence-corrected chi connectivity index (χ4v) is 2.49. The number of primary amides is 1. The molecule has 1 heterocycles. The lowest BCUT2D eigenvalue weighted by molar-refractivity contribution is -0.118. The molecule has 0 atom stereocenters. The predicted octanol–water partition coefficient (Wildman–Crippen LogP) is 2.51. The number of rotatable bonds is 6. The molecule has 2 N–H and O–H groups in total. The van der Waals surface area contributed by atoms with Gasteiger partial charge in [0.05, 0.1) is 10.7 Å². The second kappa shape index (κ2) is 7.64. The van der Waals surface area contributed by atoms with Crippen LogP contribution in [0.25, 0.3) is 6.08 Å². The maximum absolute atomic E-state index is 13.0. The Labute approximate surface area is 137 Å². The largest absolute Gasteiger partial charge is 0.370 e. The molecule has 0 fully saturated rings. The number of nitrogens with two attached hydrogens (primary N) is 1. The average molecular weight is 333 g/mol. The Morgan fingerprint density at radius 2 is 2.04 bits per heavy atom. The third kappa shape index (κ3) is 5.00. The van der Waals surface area contributed by atoms with Crippen LogP contribution in [0.15, 0.2) is 35.7 Å². The van der Waals surface area contributed by atoms with Crippen molar-refractivity contribution >= 4 is 34.9 Å². The first-order valence-corrected chi connectivity index (χ1v) is 7.79. The maximum Gasteiger partial charge on any atom is 0.251 e. The molecule has 1 aromatic carbocycles. The van der Waals surface area contributed by atoms with Crippen molar-refractivity contribution in [2.75, 3.05) is 11.4 Å². The Kier molecular flexibility index (Phi) is 5.59.